The molecule has 166 valence electrons. The van der Waals surface area contributed by atoms with Crippen molar-refractivity contribution in [2.45, 2.75) is 58.5 Å². The van der Waals surface area contributed by atoms with Crippen LogP contribution in [0.3, 0.4) is 0 Å². The Hall–Kier alpha value is -2.41. The first-order valence-corrected chi connectivity index (χ1v) is 11.2. The van der Waals surface area contributed by atoms with Crippen molar-refractivity contribution in [2.24, 2.45) is 11.8 Å². The molecule has 1 amide bonds. The molecular formula is C23H27ClFN3O3. The second kappa shape index (κ2) is 8.99. The largest absolute Gasteiger partial charge is 0.481 e. The fraction of sp³-hybridized carbons (Fsp3) is 0.522. The van der Waals surface area contributed by atoms with Crippen LogP contribution in [0, 0.1) is 24.6 Å². The summed E-state index contributed by atoms with van der Waals surface area (Å²) >= 11 is 5.86. The van der Waals surface area contributed by atoms with Crippen LogP contribution in [-0.2, 0) is 29.1 Å². The van der Waals surface area contributed by atoms with Gasteiger partial charge in [0.15, 0.2) is 0 Å². The number of hydrogen-bond acceptors (Lipinski definition) is 3. The normalized spacial score (nSPS) is 21.1. The van der Waals surface area contributed by atoms with E-state index in [-0.39, 0.29) is 23.6 Å². The molecule has 4 rings (SSSR count). The van der Waals surface area contributed by atoms with Crippen molar-refractivity contribution in [2.75, 3.05) is 6.54 Å². The number of carboxylic acids is 1. The van der Waals surface area contributed by atoms with Gasteiger partial charge in [-0.05, 0) is 62.6 Å². The topological polar surface area (TPSA) is 75.4 Å². The number of carboxylic acid groups (broad SMARTS) is 1. The quantitative estimate of drug-likeness (QED) is 0.745. The van der Waals surface area contributed by atoms with Crippen molar-refractivity contribution in [1.29, 1.82) is 0 Å². The summed E-state index contributed by atoms with van der Waals surface area (Å²) in [7, 11) is 0. The summed E-state index contributed by atoms with van der Waals surface area (Å²) in [5.74, 6) is -1.01. The zero-order chi connectivity index (χ0) is 22.1. The molecule has 1 saturated carbocycles. The summed E-state index contributed by atoms with van der Waals surface area (Å²) in [6.07, 6.45) is 4.07. The van der Waals surface area contributed by atoms with E-state index in [1.807, 2.05) is 11.8 Å². The van der Waals surface area contributed by atoms with Crippen LogP contribution in [0.4, 0.5) is 4.39 Å². The van der Waals surface area contributed by atoms with Crippen LogP contribution in [0.25, 0.3) is 0 Å². The average molecular weight is 448 g/mol. The van der Waals surface area contributed by atoms with Gasteiger partial charge in [0, 0.05) is 23.6 Å². The van der Waals surface area contributed by atoms with E-state index in [1.54, 1.807) is 16.8 Å². The molecule has 1 aromatic heterocycles. The summed E-state index contributed by atoms with van der Waals surface area (Å²) in [5, 5.41) is 14.1. The van der Waals surface area contributed by atoms with Gasteiger partial charge >= 0.3 is 5.97 Å². The van der Waals surface area contributed by atoms with Crippen molar-refractivity contribution >= 4 is 23.5 Å². The van der Waals surface area contributed by atoms with E-state index in [0.29, 0.717) is 49.5 Å². The number of carbonyl (C=O) groups is 2. The lowest BCUT2D eigenvalue weighted by Crippen LogP contribution is -2.38. The van der Waals surface area contributed by atoms with Gasteiger partial charge in [-0.3, -0.25) is 14.3 Å². The summed E-state index contributed by atoms with van der Waals surface area (Å²) in [4.78, 5) is 26.0. The van der Waals surface area contributed by atoms with Gasteiger partial charge in [0.05, 0.1) is 30.4 Å². The van der Waals surface area contributed by atoms with Gasteiger partial charge in [-0.1, -0.05) is 17.7 Å². The molecule has 2 aromatic rings. The maximum atomic E-state index is 14.3. The summed E-state index contributed by atoms with van der Waals surface area (Å²) < 4.78 is 16.1. The minimum absolute atomic E-state index is 0.104. The molecule has 0 atom stereocenters. The van der Waals surface area contributed by atoms with Crippen LogP contribution in [0.2, 0.25) is 5.02 Å². The maximum Gasteiger partial charge on any atom is 0.306 e. The molecule has 1 aliphatic carbocycles. The monoisotopic (exact) mass is 447 g/mol. The molecular weight excluding hydrogens is 421 g/mol. The predicted octanol–water partition coefficient (Wildman–Crippen LogP) is 4.20. The van der Waals surface area contributed by atoms with E-state index in [9.17, 15) is 14.0 Å². The maximum absolute atomic E-state index is 14.3. The first-order valence-electron chi connectivity index (χ1n) is 10.8. The van der Waals surface area contributed by atoms with E-state index >= 15 is 0 Å². The van der Waals surface area contributed by atoms with Crippen molar-refractivity contribution in [3.63, 3.8) is 0 Å². The Balaban J connectivity index is 1.43. The summed E-state index contributed by atoms with van der Waals surface area (Å²) in [6, 6.07) is 4.63. The highest BCUT2D eigenvalue weighted by molar-refractivity contribution is 6.30. The molecule has 1 aromatic carbocycles. The predicted molar refractivity (Wildman–Crippen MR) is 114 cm³/mol. The third-order valence-electron chi connectivity index (χ3n) is 6.69. The summed E-state index contributed by atoms with van der Waals surface area (Å²) in [5.41, 5.74) is 3.53. The second-order valence-corrected chi connectivity index (χ2v) is 9.17. The SMILES string of the molecule is Cc1nn(Cc2ccc(Cl)cc2F)c2c1CCN(C(=O)C[C@H]1CC[C@H](C(=O)O)CC1)C2. The van der Waals surface area contributed by atoms with Crippen molar-refractivity contribution in [3.05, 3.63) is 51.6 Å². The lowest BCUT2D eigenvalue weighted by molar-refractivity contribution is -0.143. The molecule has 8 heteroatoms. The number of hydrogen-bond donors (Lipinski definition) is 1. The highest BCUT2D eigenvalue weighted by atomic mass is 35.5. The number of aliphatic carboxylic acids is 1. The van der Waals surface area contributed by atoms with Gasteiger partial charge < -0.3 is 10.0 Å². The summed E-state index contributed by atoms with van der Waals surface area (Å²) in [6.45, 7) is 3.36. The molecule has 0 saturated heterocycles. The third kappa shape index (κ3) is 4.76. The first kappa shape index (κ1) is 21.8. The van der Waals surface area contributed by atoms with E-state index in [4.69, 9.17) is 16.7 Å². The molecule has 0 spiro atoms. The van der Waals surface area contributed by atoms with Gasteiger partial charge in [-0.2, -0.15) is 5.10 Å². The van der Waals surface area contributed by atoms with Gasteiger partial charge in [-0.15, -0.1) is 0 Å². The van der Waals surface area contributed by atoms with E-state index in [0.717, 1.165) is 36.2 Å². The zero-order valence-corrected chi connectivity index (χ0v) is 18.4. The molecule has 0 bridgehead atoms. The Bertz CT molecular complexity index is 998. The average Bonchev–Trinajstić information content (AvgIpc) is 3.05. The number of carbonyl (C=O) groups excluding carboxylic acids is 1. The van der Waals surface area contributed by atoms with Crippen LogP contribution in [0.15, 0.2) is 18.2 Å². The Kier molecular flexibility index (Phi) is 6.32. The van der Waals surface area contributed by atoms with Gasteiger partial charge in [0.2, 0.25) is 5.91 Å². The molecule has 6 nitrogen and oxygen atoms in total. The fourth-order valence-electron chi connectivity index (χ4n) is 4.82. The van der Waals surface area contributed by atoms with E-state index < -0.39 is 5.97 Å². The Morgan fingerprint density at radius 1 is 1.26 bits per heavy atom. The minimum Gasteiger partial charge on any atom is -0.481 e. The number of rotatable bonds is 5. The van der Waals surface area contributed by atoms with E-state index in [1.165, 1.54) is 6.07 Å². The Labute approximate surface area is 186 Å². The van der Waals surface area contributed by atoms with Gasteiger partial charge in [-0.25, -0.2) is 4.39 Å². The van der Waals surface area contributed by atoms with Crippen molar-refractivity contribution in [3.8, 4) is 0 Å². The first-order chi connectivity index (χ1) is 14.8. The number of benzene rings is 1. The van der Waals surface area contributed by atoms with Crippen LogP contribution in [0.1, 0.15) is 54.6 Å². The number of amides is 1. The third-order valence-corrected chi connectivity index (χ3v) is 6.92. The van der Waals surface area contributed by atoms with Gasteiger partial charge in [0.1, 0.15) is 5.82 Å². The lowest BCUT2D eigenvalue weighted by atomic mass is 9.80. The highest BCUT2D eigenvalue weighted by Gasteiger charge is 2.31. The highest BCUT2D eigenvalue weighted by Crippen LogP contribution is 2.32. The van der Waals surface area contributed by atoms with E-state index in [2.05, 4.69) is 5.10 Å². The molecule has 1 N–H and O–H groups in total. The molecule has 0 unspecified atom stereocenters. The molecule has 1 aliphatic heterocycles. The second-order valence-electron chi connectivity index (χ2n) is 8.73. The van der Waals surface area contributed by atoms with Crippen molar-refractivity contribution < 1.29 is 19.1 Å². The fourth-order valence-corrected chi connectivity index (χ4v) is 4.98. The Morgan fingerprint density at radius 3 is 2.68 bits per heavy atom. The smallest absolute Gasteiger partial charge is 0.306 e. The molecule has 31 heavy (non-hydrogen) atoms. The molecule has 1 fully saturated rings. The van der Waals surface area contributed by atoms with Crippen LogP contribution in [0.5, 0.6) is 0 Å². The molecule has 2 aliphatic rings. The Morgan fingerprint density at radius 2 is 2.00 bits per heavy atom. The number of fused-ring (bicyclic) bond motifs is 1. The lowest BCUT2D eigenvalue weighted by Gasteiger charge is -2.31. The minimum atomic E-state index is -0.728. The van der Waals surface area contributed by atoms with Crippen LogP contribution < -0.4 is 0 Å². The van der Waals surface area contributed by atoms with Crippen molar-refractivity contribution in [1.82, 2.24) is 14.7 Å². The zero-order valence-electron chi connectivity index (χ0n) is 17.6. The van der Waals surface area contributed by atoms with Gasteiger partial charge in [0.25, 0.3) is 0 Å². The number of halogens is 2. The molecule has 0 radical (unpaired) electrons. The van der Waals surface area contributed by atoms with Crippen LogP contribution in [-0.4, -0.2) is 38.2 Å². The number of aromatic nitrogens is 2. The number of nitrogens with zero attached hydrogens (tertiary/aromatic N) is 3. The standard InChI is InChI=1S/C23H27ClFN3O3/c1-14-19-8-9-27(22(29)10-15-2-4-16(5-3-15)23(30)31)13-21(19)28(26-14)12-17-6-7-18(24)11-20(17)25/h6-7,11,15-16H,2-5,8-10,12-13H2,1H3,(H,30,31)/t15-,16-. The van der Waals surface area contributed by atoms with Crippen LogP contribution >= 0.6 is 11.6 Å². The molecule has 2 heterocycles. The number of aryl methyl sites for hydroxylation is 1.